The van der Waals surface area contributed by atoms with Gasteiger partial charge in [0, 0.05) is 32.7 Å². The van der Waals surface area contributed by atoms with Crippen LogP contribution in [-0.2, 0) is 17.8 Å². The summed E-state index contributed by atoms with van der Waals surface area (Å²) in [5.74, 6) is -0.247. The van der Waals surface area contributed by atoms with Crippen LogP contribution in [0.4, 0.5) is 10.1 Å². The highest BCUT2D eigenvalue weighted by atomic mass is 19.1. The average molecular weight is 330 g/mol. The van der Waals surface area contributed by atoms with Gasteiger partial charge in [0.25, 0.3) is 0 Å². The molecule has 128 valence electrons. The zero-order valence-electron chi connectivity index (χ0n) is 14.3. The summed E-state index contributed by atoms with van der Waals surface area (Å²) in [7, 11) is 5.40. The number of amides is 1. The molecule has 24 heavy (non-hydrogen) atoms. The summed E-state index contributed by atoms with van der Waals surface area (Å²) < 4.78 is 18.5. The Hall–Kier alpha value is -2.56. The Balaban J connectivity index is 1.80. The van der Waals surface area contributed by atoms with Gasteiger partial charge in [0.1, 0.15) is 0 Å². The third kappa shape index (κ3) is 4.98. The number of nitrogens with zero attached hydrogens (tertiary/aromatic N) is 1. The van der Waals surface area contributed by atoms with Crippen molar-refractivity contribution in [2.75, 3.05) is 26.1 Å². The Kier molecular flexibility index (Phi) is 6.18. The minimum absolute atomic E-state index is 0.0529. The number of ether oxygens (including phenoxy) is 1. The number of methoxy groups -OCH3 is 1. The van der Waals surface area contributed by atoms with Crippen molar-refractivity contribution in [3.8, 4) is 5.75 Å². The molecule has 2 aromatic rings. The van der Waals surface area contributed by atoms with Crippen LogP contribution >= 0.6 is 0 Å². The summed E-state index contributed by atoms with van der Waals surface area (Å²) in [5, 5.41) is 2.88. The van der Waals surface area contributed by atoms with Crippen molar-refractivity contribution in [1.29, 1.82) is 0 Å². The van der Waals surface area contributed by atoms with Gasteiger partial charge in [0.05, 0.1) is 7.11 Å². The smallest absolute Gasteiger partial charge is 0.220 e. The van der Waals surface area contributed by atoms with Crippen molar-refractivity contribution < 1.29 is 13.9 Å². The van der Waals surface area contributed by atoms with Crippen LogP contribution in [0.3, 0.4) is 0 Å². The van der Waals surface area contributed by atoms with E-state index in [1.165, 1.54) is 13.2 Å². The van der Waals surface area contributed by atoms with Gasteiger partial charge in [-0.3, -0.25) is 4.79 Å². The molecule has 0 aliphatic rings. The van der Waals surface area contributed by atoms with Crippen molar-refractivity contribution in [2.24, 2.45) is 0 Å². The lowest BCUT2D eigenvalue weighted by molar-refractivity contribution is -0.121. The predicted molar refractivity (Wildman–Crippen MR) is 93.9 cm³/mol. The van der Waals surface area contributed by atoms with E-state index in [4.69, 9.17) is 4.74 Å². The third-order valence-corrected chi connectivity index (χ3v) is 3.80. The second kappa shape index (κ2) is 8.34. The molecular formula is C19H23FN2O2. The third-order valence-electron chi connectivity index (χ3n) is 3.80. The lowest BCUT2D eigenvalue weighted by Gasteiger charge is -2.13. The van der Waals surface area contributed by atoms with Gasteiger partial charge in [0.2, 0.25) is 5.91 Å². The quantitative estimate of drug-likeness (QED) is 0.848. The molecule has 0 aromatic heterocycles. The molecule has 0 unspecified atom stereocenters. The molecular weight excluding hydrogens is 307 g/mol. The molecule has 0 radical (unpaired) electrons. The van der Waals surface area contributed by atoms with Crippen LogP contribution in [0, 0.1) is 5.82 Å². The van der Waals surface area contributed by atoms with E-state index in [9.17, 15) is 9.18 Å². The number of aryl methyl sites for hydroxylation is 1. The number of hydrogen-bond acceptors (Lipinski definition) is 3. The highest BCUT2D eigenvalue weighted by Crippen LogP contribution is 2.18. The first kappa shape index (κ1) is 17.8. The van der Waals surface area contributed by atoms with E-state index in [1.54, 1.807) is 12.1 Å². The molecule has 5 heteroatoms. The van der Waals surface area contributed by atoms with E-state index < -0.39 is 5.82 Å². The summed E-state index contributed by atoms with van der Waals surface area (Å²) in [4.78, 5) is 14.0. The van der Waals surface area contributed by atoms with E-state index in [1.807, 2.05) is 43.3 Å². The zero-order chi connectivity index (χ0) is 17.5. The van der Waals surface area contributed by atoms with Gasteiger partial charge in [-0.25, -0.2) is 4.39 Å². The standard InChI is InChI=1S/C19H23FN2O2/c1-22(2)16-8-4-15(5-9-16)13-21-19(23)11-7-14-6-10-18(24-3)17(20)12-14/h4-6,8-10,12H,7,11,13H2,1-3H3,(H,21,23). The van der Waals surface area contributed by atoms with Gasteiger partial charge in [-0.2, -0.15) is 0 Å². The summed E-state index contributed by atoms with van der Waals surface area (Å²) in [6, 6.07) is 12.8. The number of carbonyl (C=O) groups is 1. The molecule has 0 atom stereocenters. The maximum absolute atomic E-state index is 13.6. The summed E-state index contributed by atoms with van der Waals surface area (Å²) >= 11 is 0. The fourth-order valence-electron chi connectivity index (χ4n) is 2.32. The Morgan fingerprint density at radius 2 is 1.79 bits per heavy atom. The molecule has 0 spiro atoms. The molecule has 2 aromatic carbocycles. The second-order valence-electron chi connectivity index (χ2n) is 5.81. The van der Waals surface area contributed by atoms with Crippen molar-refractivity contribution in [3.63, 3.8) is 0 Å². The first-order valence-electron chi connectivity index (χ1n) is 7.85. The van der Waals surface area contributed by atoms with Crippen molar-refractivity contribution in [2.45, 2.75) is 19.4 Å². The Labute approximate surface area is 142 Å². The minimum Gasteiger partial charge on any atom is -0.494 e. The van der Waals surface area contributed by atoms with Crippen LogP contribution in [0.25, 0.3) is 0 Å². The molecule has 0 aliphatic carbocycles. The number of rotatable bonds is 7. The number of nitrogens with one attached hydrogen (secondary N) is 1. The van der Waals surface area contributed by atoms with Gasteiger partial charge >= 0.3 is 0 Å². The number of halogens is 1. The Morgan fingerprint density at radius 3 is 2.38 bits per heavy atom. The highest BCUT2D eigenvalue weighted by molar-refractivity contribution is 5.76. The van der Waals surface area contributed by atoms with Gasteiger partial charge in [-0.1, -0.05) is 18.2 Å². The van der Waals surface area contributed by atoms with Crippen LogP contribution in [0.2, 0.25) is 0 Å². The van der Waals surface area contributed by atoms with E-state index >= 15 is 0 Å². The first-order chi connectivity index (χ1) is 11.5. The van der Waals surface area contributed by atoms with Crippen LogP contribution in [-0.4, -0.2) is 27.1 Å². The Bertz CT molecular complexity index is 684. The molecule has 0 saturated carbocycles. The Morgan fingerprint density at radius 1 is 1.12 bits per heavy atom. The molecule has 0 heterocycles. The minimum atomic E-state index is -0.406. The number of anilines is 1. The van der Waals surface area contributed by atoms with Crippen LogP contribution in [0.5, 0.6) is 5.75 Å². The van der Waals surface area contributed by atoms with E-state index in [2.05, 4.69) is 5.32 Å². The lowest BCUT2D eigenvalue weighted by Crippen LogP contribution is -2.23. The fourth-order valence-corrected chi connectivity index (χ4v) is 2.32. The fraction of sp³-hybridized carbons (Fsp3) is 0.316. The molecule has 0 fully saturated rings. The van der Waals surface area contributed by atoms with Crippen LogP contribution < -0.4 is 15.0 Å². The molecule has 1 N–H and O–H groups in total. The maximum Gasteiger partial charge on any atom is 0.220 e. The number of benzene rings is 2. The van der Waals surface area contributed by atoms with Gasteiger partial charge in [-0.15, -0.1) is 0 Å². The maximum atomic E-state index is 13.6. The molecule has 0 bridgehead atoms. The summed E-state index contributed by atoms with van der Waals surface area (Å²) in [6.45, 7) is 0.490. The summed E-state index contributed by atoms with van der Waals surface area (Å²) in [6.07, 6.45) is 0.813. The topological polar surface area (TPSA) is 41.6 Å². The van der Waals surface area contributed by atoms with Gasteiger partial charge in [-0.05, 0) is 41.8 Å². The van der Waals surface area contributed by atoms with E-state index in [0.29, 0.717) is 19.4 Å². The largest absolute Gasteiger partial charge is 0.494 e. The second-order valence-corrected chi connectivity index (χ2v) is 5.81. The molecule has 0 aliphatic heterocycles. The number of hydrogen-bond donors (Lipinski definition) is 1. The molecule has 2 rings (SSSR count). The van der Waals surface area contributed by atoms with Crippen molar-refractivity contribution >= 4 is 11.6 Å². The normalized spacial score (nSPS) is 10.3. The number of carbonyl (C=O) groups excluding carboxylic acids is 1. The highest BCUT2D eigenvalue weighted by Gasteiger charge is 2.06. The monoisotopic (exact) mass is 330 g/mol. The molecule has 1 amide bonds. The van der Waals surface area contributed by atoms with E-state index in [0.717, 1.165) is 16.8 Å². The first-order valence-corrected chi connectivity index (χ1v) is 7.85. The van der Waals surface area contributed by atoms with Gasteiger partial charge in [0.15, 0.2) is 11.6 Å². The van der Waals surface area contributed by atoms with Crippen LogP contribution in [0.1, 0.15) is 17.5 Å². The van der Waals surface area contributed by atoms with Crippen molar-refractivity contribution in [1.82, 2.24) is 5.32 Å². The van der Waals surface area contributed by atoms with Crippen LogP contribution in [0.15, 0.2) is 42.5 Å². The molecule has 0 saturated heterocycles. The van der Waals surface area contributed by atoms with Gasteiger partial charge < -0.3 is 15.0 Å². The predicted octanol–water partition coefficient (Wildman–Crippen LogP) is 3.15. The summed E-state index contributed by atoms with van der Waals surface area (Å²) in [5.41, 5.74) is 2.94. The van der Waals surface area contributed by atoms with E-state index in [-0.39, 0.29) is 11.7 Å². The lowest BCUT2D eigenvalue weighted by atomic mass is 10.1. The SMILES string of the molecule is COc1ccc(CCC(=O)NCc2ccc(N(C)C)cc2)cc1F. The molecule has 4 nitrogen and oxygen atoms in total. The zero-order valence-corrected chi connectivity index (χ0v) is 14.3. The van der Waals surface area contributed by atoms with Crippen molar-refractivity contribution in [3.05, 3.63) is 59.4 Å². The average Bonchev–Trinajstić information content (AvgIpc) is 2.58.